The average Bonchev–Trinajstić information content (AvgIpc) is 2.97. The second-order valence-electron chi connectivity index (χ2n) is 4.70. The first kappa shape index (κ1) is 14.8. The van der Waals surface area contributed by atoms with Crippen LogP contribution in [0.5, 0.6) is 0 Å². The van der Waals surface area contributed by atoms with E-state index in [-0.39, 0.29) is 0 Å². The Hall–Kier alpha value is -2.59. The molecule has 108 valence electrons. The summed E-state index contributed by atoms with van der Waals surface area (Å²) < 4.78 is 0. The zero-order chi connectivity index (χ0) is 15.1. The first-order chi connectivity index (χ1) is 10.2. The Labute approximate surface area is 123 Å². The molecule has 0 fully saturated rings. The maximum absolute atomic E-state index is 10.4. The van der Waals surface area contributed by atoms with Gasteiger partial charge in [0.1, 0.15) is 6.04 Å². The van der Waals surface area contributed by atoms with Crippen molar-refractivity contribution in [3.05, 3.63) is 72.4 Å². The van der Waals surface area contributed by atoms with Crippen molar-refractivity contribution < 1.29 is 9.90 Å². The molecule has 3 rings (SSSR count). The molecule has 0 amide bonds. The quantitative estimate of drug-likeness (QED) is 0.691. The van der Waals surface area contributed by atoms with Crippen LogP contribution in [0.1, 0.15) is 5.56 Å². The molecular formula is C17H18N2O2. The van der Waals surface area contributed by atoms with Crippen molar-refractivity contribution in [1.82, 2.24) is 4.98 Å². The molecule has 0 aliphatic heterocycles. The number of rotatable bonds is 3. The van der Waals surface area contributed by atoms with E-state index in [0.29, 0.717) is 6.42 Å². The molecular weight excluding hydrogens is 264 g/mol. The summed E-state index contributed by atoms with van der Waals surface area (Å²) in [5, 5.41) is 9.79. The van der Waals surface area contributed by atoms with E-state index < -0.39 is 12.0 Å². The smallest absolute Gasteiger partial charge is 0.320 e. The van der Waals surface area contributed by atoms with Crippen LogP contribution in [0.4, 0.5) is 0 Å². The summed E-state index contributed by atoms with van der Waals surface area (Å²) in [6.45, 7) is 0. The fourth-order valence-corrected chi connectivity index (χ4v) is 1.95. The summed E-state index contributed by atoms with van der Waals surface area (Å²) in [4.78, 5) is 13.5. The highest BCUT2D eigenvalue weighted by molar-refractivity contribution is 5.78. The molecule has 21 heavy (non-hydrogen) atoms. The number of benzene rings is 2. The summed E-state index contributed by atoms with van der Waals surface area (Å²) >= 11 is 0. The van der Waals surface area contributed by atoms with Gasteiger partial charge in [0.2, 0.25) is 0 Å². The van der Waals surface area contributed by atoms with Crippen molar-refractivity contribution in [2.45, 2.75) is 12.5 Å². The summed E-state index contributed by atoms with van der Waals surface area (Å²) in [6.07, 6.45) is 2.33. The summed E-state index contributed by atoms with van der Waals surface area (Å²) in [7, 11) is 0. The number of fused-ring (bicyclic) bond motifs is 1. The Morgan fingerprint density at radius 3 is 2.38 bits per heavy atom. The van der Waals surface area contributed by atoms with E-state index in [1.165, 1.54) is 10.9 Å². The monoisotopic (exact) mass is 282 g/mol. The van der Waals surface area contributed by atoms with Crippen LogP contribution in [-0.4, -0.2) is 22.1 Å². The number of nitrogens with one attached hydrogen (secondary N) is 1. The Bertz CT molecular complexity index is 662. The van der Waals surface area contributed by atoms with Gasteiger partial charge in [0.05, 0.1) is 0 Å². The van der Waals surface area contributed by atoms with E-state index in [1.807, 2.05) is 48.7 Å². The third-order valence-corrected chi connectivity index (χ3v) is 3.08. The molecule has 1 unspecified atom stereocenters. The summed E-state index contributed by atoms with van der Waals surface area (Å²) in [6, 6.07) is 18.8. The molecule has 4 N–H and O–H groups in total. The molecule has 4 heteroatoms. The molecule has 4 nitrogen and oxygen atoms in total. The number of hydrogen-bond donors (Lipinski definition) is 3. The highest BCUT2D eigenvalue weighted by Gasteiger charge is 2.10. The van der Waals surface area contributed by atoms with E-state index in [4.69, 9.17) is 10.8 Å². The molecule has 3 aromatic rings. The van der Waals surface area contributed by atoms with Crippen LogP contribution >= 0.6 is 0 Å². The van der Waals surface area contributed by atoms with Crippen molar-refractivity contribution >= 4 is 16.9 Å². The Balaban J connectivity index is 0.000000159. The number of H-pyrrole nitrogens is 1. The summed E-state index contributed by atoms with van der Waals surface area (Å²) in [5.74, 6) is -0.959. The van der Waals surface area contributed by atoms with Crippen LogP contribution in [0, 0.1) is 0 Å². The molecule has 0 aliphatic rings. The molecule has 2 aromatic carbocycles. The minimum Gasteiger partial charge on any atom is -0.480 e. The SMILES string of the molecule is NC(Cc1ccccc1)C(=O)O.c1ccc2[nH]ccc2c1. The molecule has 0 saturated carbocycles. The third-order valence-electron chi connectivity index (χ3n) is 3.08. The Morgan fingerprint density at radius 2 is 1.71 bits per heavy atom. The number of carboxylic acid groups (broad SMARTS) is 1. The number of aromatic amines is 1. The van der Waals surface area contributed by atoms with Crippen LogP contribution in [0.2, 0.25) is 0 Å². The first-order valence-electron chi connectivity index (χ1n) is 6.71. The topological polar surface area (TPSA) is 79.1 Å². The van der Waals surface area contributed by atoms with Crippen molar-refractivity contribution in [3.8, 4) is 0 Å². The van der Waals surface area contributed by atoms with E-state index >= 15 is 0 Å². The third kappa shape index (κ3) is 4.47. The second-order valence-corrected chi connectivity index (χ2v) is 4.70. The zero-order valence-electron chi connectivity index (χ0n) is 11.6. The normalized spacial score (nSPS) is 11.5. The number of carboxylic acids is 1. The van der Waals surface area contributed by atoms with Crippen LogP contribution < -0.4 is 5.73 Å². The van der Waals surface area contributed by atoms with Gasteiger partial charge in [-0.2, -0.15) is 0 Å². The lowest BCUT2D eigenvalue weighted by atomic mass is 10.1. The van der Waals surface area contributed by atoms with Crippen molar-refractivity contribution in [2.75, 3.05) is 0 Å². The van der Waals surface area contributed by atoms with E-state index in [0.717, 1.165) is 5.56 Å². The van der Waals surface area contributed by atoms with Gasteiger partial charge in [-0.1, -0.05) is 48.5 Å². The standard InChI is InChI=1S/C9H11NO2.C8H7N/c10-8(9(11)12)6-7-4-2-1-3-5-7;1-2-4-8-7(3-1)5-6-9-8/h1-5,8H,6,10H2,(H,11,12);1-6,9H. The molecule has 0 spiro atoms. The lowest BCUT2D eigenvalue weighted by molar-refractivity contribution is -0.138. The lowest BCUT2D eigenvalue weighted by Crippen LogP contribution is -2.32. The highest BCUT2D eigenvalue weighted by Crippen LogP contribution is 2.09. The minimum absolute atomic E-state index is 0.385. The van der Waals surface area contributed by atoms with E-state index in [1.54, 1.807) is 0 Å². The fourth-order valence-electron chi connectivity index (χ4n) is 1.95. The number of para-hydroxylation sites is 1. The van der Waals surface area contributed by atoms with Crippen LogP contribution in [0.3, 0.4) is 0 Å². The number of aromatic nitrogens is 1. The van der Waals surface area contributed by atoms with E-state index in [2.05, 4.69) is 23.2 Å². The number of nitrogens with two attached hydrogens (primary N) is 1. The van der Waals surface area contributed by atoms with Gasteiger partial charge in [0, 0.05) is 11.7 Å². The average molecular weight is 282 g/mol. The molecule has 1 aromatic heterocycles. The van der Waals surface area contributed by atoms with Gasteiger partial charge in [-0.15, -0.1) is 0 Å². The van der Waals surface area contributed by atoms with Gasteiger partial charge < -0.3 is 15.8 Å². The van der Waals surface area contributed by atoms with Gasteiger partial charge in [0.15, 0.2) is 0 Å². The van der Waals surface area contributed by atoms with Gasteiger partial charge >= 0.3 is 5.97 Å². The number of carbonyl (C=O) groups is 1. The van der Waals surface area contributed by atoms with Crippen LogP contribution in [0.15, 0.2) is 66.9 Å². The first-order valence-corrected chi connectivity index (χ1v) is 6.71. The van der Waals surface area contributed by atoms with Crippen molar-refractivity contribution in [3.63, 3.8) is 0 Å². The summed E-state index contributed by atoms with van der Waals surface area (Å²) in [5.41, 5.74) is 7.51. The Morgan fingerprint density at radius 1 is 1.05 bits per heavy atom. The molecule has 1 heterocycles. The predicted molar refractivity (Wildman–Crippen MR) is 84.1 cm³/mol. The number of hydrogen-bond acceptors (Lipinski definition) is 2. The number of aliphatic carboxylic acids is 1. The second kappa shape index (κ2) is 7.26. The molecule has 0 radical (unpaired) electrons. The van der Waals surface area contributed by atoms with E-state index in [9.17, 15) is 4.79 Å². The molecule has 0 bridgehead atoms. The maximum atomic E-state index is 10.4. The highest BCUT2D eigenvalue weighted by atomic mass is 16.4. The predicted octanol–water partition coefficient (Wildman–Crippen LogP) is 2.81. The largest absolute Gasteiger partial charge is 0.480 e. The zero-order valence-corrected chi connectivity index (χ0v) is 11.6. The van der Waals surface area contributed by atoms with Crippen molar-refractivity contribution in [1.29, 1.82) is 0 Å². The lowest BCUT2D eigenvalue weighted by Gasteiger charge is -2.04. The molecule has 0 aliphatic carbocycles. The van der Waals surface area contributed by atoms with Gasteiger partial charge in [-0.05, 0) is 29.5 Å². The van der Waals surface area contributed by atoms with Gasteiger partial charge in [-0.25, -0.2) is 0 Å². The maximum Gasteiger partial charge on any atom is 0.320 e. The van der Waals surface area contributed by atoms with Gasteiger partial charge in [0.25, 0.3) is 0 Å². The van der Waals surface area contributed by atoms with Crippen LogP contribution in [0.25, 0.3) is 10.9 Å². The van der Waals surface area contributed by atoms with Gasteiger partial charge in [-0.3, -0.25) is 4.79 Å². The minimum atomic E-state index is -0.959. The Kier molecular flexibility index (Phi) is 5.12. The molecule has 0 saturated heterocycles. The fraction of sp³-hybridized carbons (Fsp3) is 0.118. The van der Waals surface area contributed by atoms with Crippen molar-refractivity contribution in [2.24, 2.45) is 5.73 Å². The molecule has 1 atom stereocenters. The van der Waals surface area contributed by atoms with Crippen LogP contribution in [-0.2, 0) is 11.2 Å².